The Morgan fingerprint density at radius 3 is 2.47 bits per heavy atom. The van der Waals surface area contributed by atoms with Gasteiger partial charge in [0.1, 0.15) is 5.75 Å². The van der Waals surface area contributed by atoms with E-state index >= 15 is 0 Å². The molecule has 0 radical (unpaired) electrons. The van der Waals surface area contributed by atoms with Gasteiger partial charge in [0.25, 0.3) is 0 Å². The molecule has 0 bridgehead atoms. The number of carbonyl (C=O) groups excluding carboxylic acids is 1. The topological polar surface area (TPSA) is 64.1 Å². The number of carbonyl (C=O) groups is 1. The predicted octanol–water partition coefficient (Wildman–Crippen LogP) is 5.93. The van der Waals surface area contributed by atoms with E-state index in [2.05, 4.69) is 20.0 Å². The number of fused-ring (bicyclic) bond motifs is 1. The zero-order chi connectivity index (χ0) is 22.6. The van der Waals surface area contributed by atoms with Crippen LogP contribution in [0.25, 0.3) is 22.0 Å². The minimum atomic E-state index is -4.76. The van der Waals surface area contributed by atoms with Crippen LogP contribution in [0.2, 0.25) is 0 Å². The van der Waals surface area contributed by atoms with Crippen molar-refractivity contribution in [3.05, 3.63) is 79.0 Å². The SMILES string of the molecule is O=C(CSc1nccc(-c2ccc3ccccc3c2)n1)Nc1ccc(OC(F)(F)F)cc1. The lowest BCUT2D eigenvalue weighted by atomic mass is 10.1. The first-order valence-corrected chi connectivity index (χ1v) is 10.4. The summed E-state index contributed by atoms with van der Waals surface area (Å²) < 4.78 is 40.4. The highest BCUT2D eigenvalue weighted by Crippen LogP contribution is 2.26. The maximum Gasteiger partial charge on any atom is 0.573 e. The molecule has 9 heteroatoms. The molecule has 0 fully saturated rings. The lowest BCUT2D eigenvalue weighted by Gasteiger charge is -2.10. The number of anilines is 1. The summed E-state index contributed by atoms with van der Waals surface area (Å²) in [6.07, 6.45) is -3.13. The Morgan fingerprint density at radius 2 is 1.72 bits per heavy atom. The predicted molar refractivity (Wildman–Crippen MR) is 117 cm³/mol. The van der Waals surface area contributed by atoms with Crippen LogP contribution in [0.3, 0.4) is 0 Å². The second-order valence-electron chi connectivity index (χ2n) is 6.70. The first kappa shape index (κ1) is 21.6. The van der Waals surface area contributed by atoms with Crippen LogP contribution in [0.15, 0.2) is 84.1 Å². The molecular formula is C23H16F3N3O2S. The Bertz CT molecular complexity index is 1250. The lowest BCUT2D eigenvalue weighted by Crippen LogP contribution is -2.17. The van der Waals surface area contributed by atoms with E-state index in [1.165, 1.54) is 12.1 Å². The molecule has 0 saturated heterocycles. The third-order valence-electron chi connectivity index (χ3n) is 4.38. The highest BCUT2D eigenvalue weighted by molar-refractivity contribution is 7.99. The van der Waals surface area contributed by atoms with Crippen molar-refractivity contribution in [2.45, 2.75) is 11.5 Å². The fourth-order valence-electron chi connectivity index (χ4n) is 2.99. The first-order chi connectivity index (χ1) is 15.4. The highest BCUT2D eigenvalue weighted by Gasteiger charge is 2.30. The van der Waals surface area contributed by atoms with E-state index in [0.29, 0.717) is 10.8 Å². The molecule has 4 rings (SSSR count). The molecule has 0 saturated carbocycles. The van der Waals surface area contributed by atoms with Crippen molar-refractivity contribution in [1.82, 2.24) is 9.97 Å². The summed E-state index contributed by atoms with van der Waals surface area (Å²) in [5.41, 5.74) is 2.04. The van der Waals surface area contributed by atoms with Crippen LogP contribution in [0.4, 0.5) is 18.9 Å². The van der Waals surface area contributed by atoms with E-state index in [9.17, 15) is 18.0 Å². The third kappa shape index (κ3) is 5.76. The molecule has 1 amide bonds. The molecule has 0 atom stereocenters. The van der Waals surface area contributed by atoms with Crippen LogP contribution in [0.1, 0.15) is 0 Å². The van der Waals surface area contributed by atoms with E-state index in [1.54, 1.807) is 12.3 Å². The molecule has 162 valence electrons. The highest BCUT2D eigenvalue weighted by atomic mass is 32.2. The van der Waals surface area contributed by atoms with Crippen molar-refractivity contribution in [2.24, 2.45) is 0 Å². The molecule has 4 aromatic rings. The van der Waals surface area contributed by atoms with Gasteiger partial charge < -0.3 is 10.1 Å². The minimum Gasteiger partial charge on any atom is -0.406 e. The Balaban J connectivity index is 1.37. The van der Waals surface area contributed by atoms with Crippen molar-refractivity contribution >= 4 is 34.1 Å². The number of thioether (sulfide) groups is 1. The first-order valence-electron chi connectivity index (χ1n) is 9.46. The lowest BCUT2D eigenvalue weighted by molar-refractivity contribution is -0.274. The fraction of sp³-hybridized carbons (Fsp3) is 0.0870. The average Bonchev–Trinajstić information content (AvgIpc) is 2.78. The van der Waals surface area contributed by atoms with Crippen molar-refractivity contribution < 1.29 is 22.7 Å². The molecule has 1 aromatic heterocycles. The van der Waals surface area contributed by atoms with Gasteiger partial charge in [-0.25, -0.2) is 9.97 Å². The molecule has 5 nitrogen and oxygen atoms in total. The molecule has 32 heavy (non-hydrogen) atoms. The summed E-state index contributed by atoms with van der Waals surface area (Å²) in [7, 11) is 0. The van der Waals surface area contributed by atoms with E-state index in [4.69, 9.17) is 0 Å². The summed E-state index contributed by atoms with van der Waals surface area (Å²) in [5, 5.41) is 5.30. The summed E-state index contributed by atoms with van der Waals surface area (Å²) in [6, 6.07) is 20.8. The van der Waals surface area contributed by atoms with E-state index < -0.39 is 6.36 Å². The van der Waals surface area contributed by atoms with E-state index in [0.717, 1.165) is 45.9 Å². The number of nitrogens with zero attached hydrogens (tertiary/aromatic N) is 2. The Kier molecular flexibility index (Phi) is 6.27. The van der Waals surface area contributed by atoms with Crippen LogP contribution >= 0.6 is 11.8 Å². The number of ether oxygens (including phenoxy) is 1. The van der Waals surface area contributed by atoms with Gasteiger partial charge in [0, 0.05) is 17.4 Å². The molecule has 0 aliphatic heterocycles. The molecule has 1 N–H and O–H groups in total. The maximum absolute atomic E-state index is 12.2. The van der Waals surface area contributed by atoms with Gasteiger partial charge in [-0.3, -0.25) is 4.79 Å². The van der Waals surface area contributed by atoms with Gasteiger partial charge >= 0.3 is 6.36 Å². The zero-order valence-corrected chi connectivity index (χ0v) is 17.3. The van der Waals surface area contributed by atoms with Gasteiger partial charge in [0.2, 0.25) is 5.91 Å². The van der Waals surface area contributed by atoms with Crippen LogP contribution in [0, 0.1) is 0 Å². The van der Waals surface area contributed by atoms with Gasteiger partial charge in [0.05, 0.1) is 11.4 Å². The van der Waals surface area contributed by atoms with E-state index in [-0.39, 0.29) is 17.4 Å². The molecule has 1 heterocycles. The summed E-state index contributed by atoms with van der Waals surface area (Å²) >= 11 is 1.16. The Hall–Kier alpha value is -3.59. The number of amides is 1. The number of halogens is 3. The van der Waals surface area contributed by atoms with Crippen LogP contribution in [-0.2, 0) is 4.79 Å². The van der Waals surface area contributed by atoms with Crippen LogP contribution in [0.5, 0.6) is 5.75 Å². The molecule has 0 aliphatic rings. The second kappa shape index (κ2) is 9.27. The smallest absolute Gasteiger partial charge is 0.406 e. The van der Waals surface area contributed by atoms with Gasteiger partial charge in [-0.05, 0) is 47.2 Å². The monoisotopic (exact) mass is 455 g/mol. The standard InChI is InChI=1S/C23H16F3N3O2S/c24-23(25,26)31-19-9-7-18(8-10-19)28-21(30)14-32-22-27-12-11-20(29-22)17-6-5-15-3-1-2-4-16(15)13-17/h1-13H,14H2,(H,28,30). The quantitative estimate of drug-likeness (QED) is 0.289. The Labute approximate surface area is 185 Å². The number of hydrogen-bond donors (Lipinski definition) is 1. The average molecular weight is 455 g/mol. The van der Waals surface area contributed by atoms with Crippen LogP contribution < -0.4 is 10.1 Å². The number of alkyl halides is 3. The third-order valence-corrected chi connectivity index (χ3v) is 5.24. The van der Waals surface area contributed by atoms with Crippen molar-refractivity contribution in [1.29, 1.82) is 0 Å². The van der Waals surface area contributed by atoms with Gasteiger partial charge in [-0.2, -0.15) is 0 Å². The molecule has 0 spiro atoms. The normalized spacial score (nSPS) is 11.3. The molecular weight excluding hydrogens is 439 g/mol. The number of benzene rings is 3. The fourth-order valence-corrected chi connectivity index (χ4v) is 3.62. The second-order valence-corrected chi connectivity index (χ2v) is 7.64. The summed E-state index contributed by atoms with van der Waals surface area (Å²) in [6.45, 7) is 0. The molecule has 3 aromatic carbocycles. The molecule has 0 unspecified atom stereocenters. The van der Waals surface area contributed by atoms with Crippen molar-refractivity contribution in [3.63, 3.8) is 0 Å². The number of hydrogen-bond acceptors (Lipinski definition) is 5. The zero-order valence-electron chi connectivity index (χ0n) is 16.5. The van der Waals surface area contributed by atoms with Gasteiger partial charge in [-0.1, -0.05) is 48.2 Å². The number of rotatable bonds is 6. The minimum absolute atomic E-state index is 0.0436. The number of aromatic nitrogens is 2. The Morgan fingerprint density at radius 1 is 0.969 bits per heavy atom. The van der Waals surface area contributed by atoms with Gasteiger partial charge in [-0.15, -0.1) is 13.2 Å². The van der Waals surface area contributed by atoms with Crippen molar-refractivity contribution in [2.75, 3.05) is 11.1 Å². The maximum atomic E-state index is 12.2. The molecule has 0 aliphatic carbocycles. The largest absolute Gasteiger partial charge is 0.573 e. The van der Waals surface area contributed by atoms with Crippen LogP contribution in [-0.4, -0.2) is 28.0 Å². The van der Waals surface area contributed by atoms with Crippen molar-refractivity contribution in [3.8, 4) is 17.0 Å². The van der Waals surface area contributed by atoms with Gasteiger partial charge in [0.15, 0.2) is 5.16 Å². The summed E-state index contributed by atoms with van der Waals surface area (Å²) in [4.78, 5) is 20.9. The number of nitrogens with one attached hydrogen (secondary N) is 1. The summed E-state index contributed by atoms with van der Waals surface area (Å²) in [5.74, 6) is -0.648. The van der Waals surface area contributed by atoms with E-state index in [1.807, 2.05) is 42.5 Å².